The molecule has 22 heavy (non-hydrogen) atoms. The van der Waals surface area contributed by atoms with Crippen molar-refractivity contribution >= 4 is 5.82 Å². The minimum atomic E-state index is 0.339. The van der Waals surface area contributed by atoms with Crippen molar-refractivity contribution in [2.24, 2.45) is 0 Å². The molecule has 7 nitrogen and oxygen atoms in total. The summed E-state index contributed by atoms with van der Waals surface area (Å²) >= 11 is 0. The third kappa shape index (κ3) is 3.42. The SMILES string of the molecule is COCc1nc(NCc2nc[nH]c2C)cc([C@H]2CCOC2)n1. The molecule has 0 saturated carbocycles. The molecule has 2 N–H and O–H groups in total. The number of nitrogens with zero attached hydrogens (tertiary/aromatic N) is 3. The normalized spacial score (nSPS) is 17.8. The molecule has 3 heterocycles. The zero-order valence-corrected chi connectivity index (χ0v) is 12.9. The quantitative estimate of drug-likeness (QED) is 0.846. The molecule has 0 spiro atoms. The van der Waals surface area contributed by atoms with Crippen molar-refractivity contribution in [2.45, 2.75) is 32.4 Å². The van der Waals surface area contributed by atoms with E-state index >= 15 is 0 Å². The second kappa shape index (κ2) is 6.85. The molecule has 3 rings (SSSR count). The summed E-state index contributed by atoms with van der Waals surface area (Å²) in [6.07, 6.45) is 2.70. The van der Waals surface area contributed by atoms with E-state index in [4.69, 9.17) is 9.47 Å². The standard InChI is InChI=1S/C15H21N5O2/c1-10-13(18-9-17-10)6-16-14-5-12(11-3-4-22-7-11)19-15(20-14)8-21-2/h5,9,11H,3-4,6-8H2,1-2H3,(H,17,18)(H,16,19,20)/t11-/m0/s1. The fourth-order valence-electron chi connectivity index (χ4n) is 2.52. The van der Waals surface area contributed by atoms with Gasteiger partial charge >= 0.3 is 0 Å². The lowest BCUT2D eigenvalue weighted by atomic mass is 10.0. The molecule has 2 aromatic heterocycles. The third-order valence-corrected chi connectivity index (χ3v) is 3.78. The second-order valence-electron chi connectivity index (χ2n) is 5.42. The zero-order chi connectivity index (χ0) is 15.4. The minimum absolute atomic E-state index is 0.339. The Hall–Kier alpha value is -1.99. The van der Waals surface area contributed by atoms with Gasteiger partial charge in [0.1, 0.15) is 12.4 Å². The Morgan fingerprint density at radius 2 is 2.36 bits per heavy atom. The summed E-state index contributed by atoms with van der Waals surface area (Å²) in [5.74, 6) is 1.82. The molecule has 2 aromatic rings. The molecule has 0 aliphatic carbocycles. The second-order valence-corrected chi connectivity index (χ2v) is 5.42. The van der Waals surface area contributed by atoms with Gasteiger partial charge in [0.2, 0.25) is 0 Å². The average Bonchev–Trinajstić information content (AvgIpc) is 3.17. The maximum Gasteiger partial charge on any atom is 0.156 e. The van der Waals surface area contributed by atoms with Gasteiger partial charge in [0.25, 0.3) is 0 Å². The Morgan fingerprint density at radius 3 is 3.05 bits per heavy atom. The highest BCUT2D eigenvalue weighted by molar-refractivity contribution is 5.38. The first-order chi connectivity index (χ1) is 10.8. The highest BCUT2D eigenvalue weighted by Crippen LogP contribution is 2.25. The molecule has 0 radical (unpaired) electrons. The summed E-state index contributed by atoms with van der Waals surface area (Å²) in [6.45, 7) is 4.55. The van der Waals surface area contributed by atoms with Crippen LogP contribution >= 0.6 is 0 Å². The van der Waals surface area contributed by atoms with Gasteiger partial charge in [0.15, 0.2) is 5.82 Å². The maximum absolute atomic E-state index is 5.46. The summed E-state index contributed by atoms with van der Waals surface area (Å²) in [6, 6.07) is 2.00. The number of aromatic amines is 1. The van der Waals surface area contributed by atoms with Crippen LogP contribution in [0.2, 0.25) is 0 Å². The molecule has 0 aromatic carbocycles. The lowest BCUT2D eigenvalue weighted by Gasteiger charge is -2.12. The number of ether oxygens (including phenoxy) is 2. The fraction of sp³-hybridized carbons (Fsp3) is 0.533. The van der Waals surface area contributed by atoms with Crippen LogP contribution in [0, 0.1) is 6.92 Å². The van der Waals surface area contributed by atoms with Gasteiger partial charge in [-0.1, -0.05) is 0 Å². The average molecular weight is 303 g/mol. The Balaban J connectivity index is 1.77. The van der Waals surface area contributed by atoms with E-state index in [-0.39, 0.29) is 0 Å². The molecule has 1 aliphatic heterocycles. The van der Waals surface area contributed by atoms with Crippen molar-refractivity contribution in [2.75, 3.05) is 25.6 Å². The lowest BCUT2D eigenvalue weighted by Crippen LogP contribution is -2.10. The number of H-pyrrole nitrogens is 1. The Kier molecular flexibility index (Phi) is 4.65. The number of methoxy groups -OCH3 is 1. The number of aromatic nitrogens is 4. The van der Waals surface area contributed by atoms with Crippen molar-refractivity contribution < 1.29 is 9.47 Å². The number of rotatable bonds is 6. The lowest BCUT2D eigenvalue weighted by molar-refractivity contribution is 0.177. The van der Waals surface area contributed by atoms with Gasteiger partial charge in [0, 0.05) is 31.4 Å². The molecule has 1 saturated heterocycles. The molecule has 1 atom stereocenters. The number of imidazole rings is 1. The van der Waals surface area contributed by atoms with Crippen LogP contribution in [0.5, 0.6) is 0 Å². The van der Waals surface area contributed by atoms with Gasteiger partial charge in [-0.15, -0.1) is 0 Å². The van der Waals surface area contributed by atoms with Gasteiger partial charge in [-0.3, -0.25) is 0 Å². The predicted octanol–water partition coefficient (Wildman–Crippen LogP) is 1.77. The van der Waals surface area contributed by atoms with Crippen LogP contribution in [0.25, 0.3) is 0 Å². The first-order valence-corrected chi connectivity index (χ1v) is 7.43. The summed E-state index contributed by atoms with van der Waals surface area (Å²) in [5, 5.41) is 3.32. The van der Waals surface area contributed by atoms with E-state index in [1.54, 1.807) is 13.4 Å². The Bertz CT molecular complexity index is 622. The molecule has 0 amide bonds. The number of anilines is 1. The Labute approximate surface area is 129 Å². The van der Waals surface area contributed by atoms with E-state index in [9.17, 15) is 0 Å². The van der Waals surface area contributed by atoms with Crippen molar-refractivity contribution in [3.05, 3.63) is 35.3 Å². The smallest absolute Gasteiger partial charge is 0.156 e. The van der Waals surface area contributed by atoms with Gasteiger partial charge in [0.05, 0.1) is 30.9 Å². The van der Waals surface area contributed by atoms with Crippen LogP contribution in [0.15, 0.2) is 12.4 Å². The van der Waals surface area contributed by atoms with Crippen molar-refractivity contribution in [1.29, 1.82) is 0 Å². The first-order valence-electron chi connectivity index (χ1n) is 7.43. The number of hydrogen-bond donors (Lipinski definition) is 2. The topological polar surface area (TPSA) is 85.0 Å². The summed E-state index contributed by atoms with van der Waals surface area (Å²) in [4.78, 5) is 16.4. The van der Waals surface area contributed by atoms with E-state index in [0.717, 1.165) is 42.5 Å². The van der Waals surface area contributed by atoms with Crippen LogP contribution in [0.4, 0.5) is 5.82 Å². The predicted molar refractivity (Wildman–Crippen MR) is 81.6 cm³/mol. The van der Waals surface area contributed by atoms with Crippen molar-refractivity contribution in [1.82, 2.24) is 19.9 Å². The van der Waals surface area contributed by atoms with Crippen LogP contribution < -0.4 is 5.32 Å². The highest BCUT2D eigenvalue weighted by atomic mass is 16.5. The molecule has 1 fully saturated rings. The number of aryl methyl sites for hydroxylation is 1. The monoisotopic (exact) mass is 303 g/mol. The van der Waals surface area contributed by atoms with E-state index in [0.29, 0.717) is 24.9 Å². The fourth-order valence-corrected chi connectivity index (χ4v) is 2.52. The zero-order valence-electron chi connectivity index (χ0n) is 12.9. The summed E-state index contributed by atoms with van der Waals surface area (Å²) in [5.41, 5.74) is 3.06. The summed E-state index contributed by atoms with van der Waals surface area (Å²) < 4.78 is 10.6. The van der Waals surface area contributed by atoms with Gasteiger partial charge in [-0.25, -0.2) is 15.0 Å². The molecule has 118 valence electrons. The molecule has 7 heteroatoms. The van der Waals surface area contributed by atoms with Crippen molar-refractivity contribution in [3.8, 4) is 0 Å². The molecule has 0 unspecified atom stereocenters. The third-order valence-electron chi connectivity index (χ3n) is 3.78. The van der Waals surface area contributed by atoms with E-state index in [2.05, 4.69) is 25.3 Å². The van der Waals surface area contributed by atoms with Crippen LogP contribution in [0.1, 0.15) is 35.2 Å². The van der Waals surface area contributed by atoms with E-state index < -0.39 is 0 Å². The highest BCUT2D eigenvalue weighted by Gasteiger charge is 2.20. The minimum Gasteiger partial charge on any atom is -0.381 e. The van der Waals surface area contributed by atoms with Gasteiger partial charge < -0.3 is 19.8 Å². The number of nitrogens with one attached hydrogen (secondary N) is 2. The first kappa shape index (κ1) is 14.9. The van der Waals surface area contributed by atoms with Gasteiger partial charge in [-0.05, 0) is 13.3 Å². The molecule has 1 aliphatic rings. The molecule has 0 bridgehead atoms. The van der Waals surface area contributed by atoms with Crippen molar-refractivity contribution in [3.63, 3.8) is 0 Å². The molecular weight excluding hydrogens is 282 g/mol. The van der Waals surface area contributed by atoms with Crippen LogP contribution in [0.3, 0.4) is 0 Å². The summed E-state index contributed by atoms with van der Waals surface area (Å²) in [7, 11) is 1.65. The largest absolute Gasteiger partial charge is 0.381 e. The van der Waals surface area contributed by atoms with E-state index in [1.165, 1.54) is 0 Å². The maximum atomic E-state index is 5.46. The molecular formula is C15H21N5O2. The van der Waals surface area contributed by atoms with Gasteiger partial charge in [-0.2, -0.15) is 0 Å². The van der Waals surface area contributed by atoms with Crippen LogP contribution in [-0.4, -0.2) is 40.3 Å². The van der Waals surface area contributed by atoms with Crippen LogP contribution in [-0.2, 0) is 22.6 Å². The Morgan fingerprint density at radius 1 is 1.45 bits per heavy atom. The van der Waals surface area contributed by atoms with E-state index in [1.807, 2.05) is 13.0 Å². The number of hydrogen-bond acceptors (Lipinski definition) is 6.